The van der Waals surface area contributed by atoms with E-state index in [0.717, 1.165) is 23.4 Å². The van der Waals surface area contributed by atoms with Crippen LogP contribution in [-0.2, 0) is 12.4 Å². The van der Waals surface area contributed by atoms with Crippen LogP contribution in [0.3, 0.4) is 0 Å². The number of hydrogen-bond acceptors (Lipinski definition) is 1. The van der Waals surface area contributed by atoms with E-state index in [1.54, 1.807) is 6.07 Å². The van der Waals surface area contributed by atoms with Crippen molar-refractivity contribution in [2.45, 2.75) is 45.0 Å². The Morgan fingerprint density at radius 3 is 2.81 bits per heavy atom. The molecule has 0 aliphatic heterocycles. The van der Waals surface area contributed by atoms with Crippen LogP contribution in [0.4, 0.5) is 4.39 Å². The average Bonchev–Trinajstić information content (AvgIpc) is 2.79. The largest absolute Gasteiger partial charge is 0.327 e. The molecule has 0 bridgehead atoms. The molecule has 1 aromatic carbocycles. The summed E-state index contributed by atoms with van der Waals surface area (Å²) in [6, 6.07) is 3.07. The molecule has 21 heavy (non-hydrogen) atoms. The normalized spacial score (nSPS) is 22.9. The molecular weight excluding hydrogens is 310 g/mol. The van der Waals surface area contributed by atoms with Crippen LogP contribution in [-0.4, -0.2) is 9.55 Å². The Bertz CT molecular complexity index is 653. The molecule has 1 fully saturated rings. The third-order valence-corrected chi connectivity index (χ3v) is 5.22. The lowest BCUT2D eigenvalue weighted by Gasteiger charge is -2.29. The second-order valence-corrected chi connectivity index (χ2v) is 6.72. The minimum absolute atomic E-state index is 0.110. The molecular formula is C16H19Cl2FN2. The average molecular weight is 329 g/mol. The predicted octanol–water partition coefficient (Wildman–Crippen LogP) is 5.39. The van der Waals surface area contributed by atoms with E-state index in [-0.39, 0.29) is 5.02 Å². The smallest absolute Gasteiger partial charge is 0.144 e. The summed E-state index contributed by atoms with van der Waals surface area (Å²) in [4.78, 5) is 4.50. The Kier molecular flexibility index (Phi) is 4.41. The lowest BCUT2D eigenvalue weighted by atomic mass is 9.80. The lowest BCUT2D eigenvalue weighted by molar-refractivity contribution is 0.229. The number of hydrogen-bond donors (Lipinski definition) is 0. The highest BCUT2D eigenvalue weighted by molar-refractivity contribution is 6.31. The fourth-order valence-electron chi connectivity index (χ4n) is 3.37. The van der Waals surface area contributed by atoms with Crippen molar-refractivity contribution < 1.29 is 4.39 Å². The maximum Gasteiger partial charge on any atom is 0.144 e. The Morgan fingerprint density at radius 2 is 2.10 bits per heavy atom. The summed E-state index contributed by atoms with van der Waals surface area (Å²) in [5.41, 5.74) is 1.52. The molecule has 1 aromatic heterocycles. The monoisotopic (exact) mass is 328 g/mol. The van der Waals surface area contributed by atoms with Crippen LogP contribution in [0, 0.1) is 17.7 Å². The molecule has 2 unspecified atom stereocenters. The van der Waals surface area contributed by atoms with Crippen LogP contribution in [0.2, 0.25) is 5.02 Å². The van der Waals surface area contributed by atoms with E-state index < -0.39 is 5.82 Å². The fraction of sp³-hybridized carbons (Fsp3) is 0.562. The van der Waals surface area contributed by atoms with Gasteiger partial charge in [0, 0.05) is 12.6 Å². The summed E-state index contributed by atoms with van der Waals surface area (Å²) in [6.45, 7) is 3.17. The van der Waals surface area contributed by atoms with Crippen molar-refractivity contribution in [3.63, 3.8) is 0 Å². The predicted molar refractivity (Wildman–Crippen MR) is 85.4 cm³/mol. The first-order chi connectivity index (χ1) is 10.1. The van der Waals surface area contributed by atoms with Crippen molar-refractivity contribution in [3.05, 3.63) is 28.8 Å². The van der Waals surface area contributed by atoms with Gasteiger partial charge in [0.25, 0.3) is 0 Å². The Hall–Kier alpha value is -0.800. The van der Waals surface area contributed by atoms with Crippen molar-refractivity contribution >= 4 is 34.2 Å². The van der Waals surface area contributed by atoms with Gasteiger partial charge in [0.15, 0.2) is 0 Å². The van der Waals surface area contributed by atoms with Gasteiger partial charge in [0.05, 0.1) is 21.9 Å². The van der Waals surface area contributed by atoms with Gasteiger partial charge >= 0.3 is 0 Å². The Labute approximate surface area is 134 Å². The summed E-state index contributed by atoms with van der Waals surface area (Å²) in [6.07, 6.45) is 5.08. The van der Waals surface area contributed by atoms with Crippen LogP contribution in [0.1, 0.15) is 38.4 Å². The molecule has 0 saturated heterocycles. The van der Waals surface area contributed by atoms with Gasteiger partial charge in [-0.05, 0) is 24.3 Å². The molecule has 0 radical (unpaired) electrons. The van der Waals surface area contributed by atoms with Gasteiger partial charge in [-0.15, -0.1) is 11.6 Å². The van der Waals surface area contributed by atoms with E-state index in [4.69, 9.17) is 23.2 Å². The third kappa shape index (κ3) is 2.91. The van der Waals surface area contributed by atoms with E-state index in [9.17, 15) is 4.39 Å². The van der Waals surface area contributed by atoms with Crippen molar-refractivity contribution in [2.24, 2.45) is 11.8 Å². The zero-order valence-corrected chi connectivity index (χ0v) is 13.6. The van der Waals surface area contributed by atoms with Crippen LogP contribution in [0.15, 0.2) is 12.1 Å². The first-order valence-electron chi connectivity index (χ1n) is 7.50. The van der Waals surface area contributed by atoms with Crippen LogP contribution in [0.5, 0.6) is 0 Å². The molecule has 3 rings (SSSR count). The number of fused-ring (bicyclic) bond motifs is 1. The Balaban J connectivity index is 2.01. The summed E-state index contributed by atoms with van der Waals surface area (Å²) >= 11 is 11.9. The molecule has 1 heterocycles. The molecule has 2 atom stereocenters. The molecule has 0 N–H and O–H groups in total. The van der Waals surface area contributed by atoms with Crippen molar-refractivity contribution in [3.8, 4) is 0 Å². The topological polar surface area (TPSA) is 17.8 Å². The van der Waals surface area contributed by atoms with Gasteiger partial charge in [-0.3, -0.25) is 0 Å². The number of alkyl halides is 1. The molecule has 1 aliphatic carbocycles. The third-order valence-electron chi connectivity index (χ3n) is 4.70. The second kappa shape index (κ2) is 6.13. The van der Waals surface area contributed by atoms with E-state index in [1.165, 1.54) is 31.7 Å². The molecule has 2 nitrogen and oxygen atoms in total. The first kappa shape index (κ1) is 15.1. The van der Waals surface area contributed by atoms with Gasteiger partial charge in [-0.25, -0.2) is 9.37 Å². The van der Waals surface area contributed by atoms with E-state index in [0.29, 0.717) is 17.7 Å². The summed E-state index contributed by atoms with van der Waals surface area (Å²) in [5, 5.41) is 0.110. The first-order valence-corrected chi connectivity index (χ1v) is 8.41. The number of rotatable bonds is 3. The van der Waals surface area contributed by atoms with Gasteiger partial charge in [-0.2, -0.15) is 0 Å². The number of halogens is 3. The maximum absolute atomic E-state index is 13.8. The molecule has 1 saturated carbocycles. The molecule has 1 aliphatic rings. The fourth-order valence-corrected chi connectivity index (χ4v) is 3.74. The van der Waals surface area contributed by atoms with Gasteiger partial charge in [0.2, 0.25) is 0 Å². The van der Waals surface area contributed by atoms with Gasteiger partial charge in [0.1, 0.15) is 11.6 Å². The van der Waals surface area contributed by atoms with Gasteiger partial charge in [-0.1, -0.05) is 37.8 Å². The number of imidazole rings is 1. The quantitative estimate of drug-likeness (QED) is 0.690. The molecule has 0 spiro atoms. The number of benzene rings is 1. The zero-order chi connectivity index (χ0) is 15.0. The summed E-state index contributed by atoms with van der Waals surface area (Å²) in [5.74, 6) is 2.03. The number of nitrogens with zero attached hydrogens (tertiary/aromatic N) is 2. The van der Waals surface area contributed by atoms with Crippen LogP contribution >= 0.6 is 23.2 Å². The van der Waals surface area contributed by atoms with Crippen molar-refractivity contribution in [1.29, 1.82) is 0 Å². The lowest BCUT2D eigenvalue weighted by Crippen LogP contribution is -2.22. The highest BCUT2D eigenvalue weighted by Gasteiger charge is 2.24. The van der Waals surface area contributed by atoms with E-state index in [2.05, 4.69) is 16.5 Å². The highest BCUT2D eigenvalue weighted by Crippen LogP contribution is 2.33. The standard InChI is InChI=1S/C16H19Cl2FN2/c1-10-4-2-3-5-11(10)9-21-15-7-13(19)12(18)6-14(15)20-16(21)8-17/h6-7,10-11H,2-5,8-9H2,1H3. The van der Waals surface area contributed by atoms with Crippen LogP contribution < -0.4 is 0 Å². The minimum atomic E-state index is -0.400. The van der Waals surface area contributed by atoms with Crippen molar-refractivity contribution in [2.75, 3.05) is 0 Å². The van der Waals surface area contributed by atoms with E-state index >= 15 is 0 Å². The molecule has 2 aromatic rings. The SMILES string of the molecule is CC1CCCCC1Cn1c(CCl)nc2cc(Cl)c(F)cc21. The van der Waals surface area contributed by atoms with Crippen molar-refractivity contribution in [1.82, 2.24) is 9.55 Å². The summed E-state index contributed by atoms with van der Waals surface area (Å²) in [7, 11) is 0. The number of aromatic nitrogens is 2. The minimum Gasteiger partial charge on any atom is -0.327 e. The molecule has 0 amide bonds. The zero-order valence-electron chi connectivity index (χ0n) is 12.1. The maximum atomic E-state index is 13.8. The van der Waals surface area contributed by atoms with E-state index in [1.807, 2.05) is 0 Å². The molecule has 114 valence electrons. The summed E-state index contributed by atoms with van der Waals surface area (Å²) < 4.78 is 15.9. The molecule has 5 heteroatoms. The second-order valence-electron chi connectivity index (χ2n) is 6.05. The Morgan fingerprint density at radius 1 is 1.33 bits per heavy atom. The van der Waals surface area contributed by atoms with Crippen LogP contribution in [0.25, 0.3) is 11.0 Å². The highest BCUT2D eigenvalue weighted by atomic mass is 35.5. The van der Waals surface area contributed by atoms with Gasteiger partial charge < -0.3 is 4.57 Å².